The van der Waals surface area contributed by atoms with Crippen molar-refractivity contribution in [1.82, 2.24) is 0 Å². The maximum absolute atomic E-state index is 12.1. The molecule has 0 atom stereocenters. The average molecular weight is 805 g/mol. The second-order valence-corrected chi connectivity index (χ2v) is 18.1. The third-order valence-electron chi connectivity index (χ3n) is 12.3. The molecule has 0 rings (SSSR count). The van der Waals surface area contributed by atoms with Gasteiger partial charge in [-0.2, -0.15) is 0 Å². The van der Waals surface area contributed by atoms with Crippen LogP contribution in [0.5, 0.6) is 0 Å². The van der Waals surface area contributed by atoms with Gasteiger partial charge in [0.25, 0.3) is 0 Å². The molecule has 0 bridgehead atoms. The van der Waals surface area contributed by atoms with Gasteiger partial charge in [0.1, 0.15) is 0 Å². The number of rotatable bonds is 50. The molecule has 0 aliphatic carbocycles. The van der Waals surface area contributed by atoms with Gasteiger partial charge in [0.2, 0.25) is 0 Å². The van der Waals surface area contributed by atoms with Crippen LogP contribution in [0.3, 0.4) is 0 Å². The summed E-state index contributed by atoms with van der Waals surface area (Å²) in [5.41, 5.74) is 0. The number of ether oxygens (including phenoxy) is 2. The average Bonchev–Trinajstić information content (AvgIpc) is 3.21. The van der Waals surface area contributed by atoms with E-state index in [0.717, 1.165) is 44.9 Å². The van der Waals surface area contributed by atoms with Gasteiger partial charge < -0.3 is 9.47 Å². The summed E-state index contributed by atoms with van der Waals surface area (Å²) in [6, 6.07) is 0. The van der Waals surface area contributed by atoms with E-state index in [2.05, 4.69) is 13.8 Å². The number of carbonyl (C=O) groups is 2. The number of hydrogen-bond acceptors (Lipinski definition) is 4. The summed E-state index contributed by atoms with van der Waals surface area (Å²) in [7, 11) is 0. The van der Waals surface area contributed by atoms with E-state index < -0.39 is 0 Å². The fraction of sp³-hybridized carbons (Fsp3) is 0.962. The van der Waals surface area contributed by atoms with Gasteiger partial charge in [-0.25, -0.2) is 0 Å². The molecule has 0 radical (unpaired) electrons. The lowest BCUT2D eigenvalue weighted by molar-refractivity contribution is -0.144. The van der Waals surface area contributed by atoms with Crippen LogP contribution in [0.2, 0.25) is 0 Å². The maximum Gasteiger partial charge on any atom is 0.305 e. The Morgan fingerprint density at radius 1 is 0.228 bits per heavy atom. The Hall–Kier alpha value is -1.06. The van der Waals surface area contributed by atoms with Gasteiger partial charge in [-0.15, -0.1) is 0 Å². The van der Waals surface area contributed by atoms with E-state index in [-0.39, 0.29) is 11.9 Å². The molecule has 0 saturated carbocycles. The molecule has 4 heteroatoms. The minimum absolute atomic E-state index is 0.0404. The summed E-state index contributed by atoms with van der Waals surface area (Å²) in [5.74, 6) is -0.0807. The van der Waals surface area contributed by atoms with Crippen molar-refractivity contribution in [2.45, 2.75) is 316 Å². The second-order valence-electron chi connectivity index (χ2n) is 18.1. The van der Waals surface area contributed by atoms with Crippen molar-refractivity contribution in [3.8, 4) is 0 Å². The van der Waals surface area contributed by atoms with Crippen molar-refractivity contribution < 1.29 is 19.1 Å². The highest BCUT2D eigenvalue weighted by molar-refractivity contribution is 5.69. The van der Waals surface area contributed by atoms with Gasteiger partial charge in [0.15, 0.2) is 0 Å². The Morgan fingerprint density at radius 2 is 0.386 bits per heavy atom. The lowest BCUT2D eigenvalue weighted by Gasteiger charge is -2.06. The summed E-state index contributed by atoms with van der Waals surface area (Å²) >= 11 is 0. The van der Waals surface area contributed by atoms with Crippen LogP contribution in [0.1, 0.15) is 316 Å². The van der Waals surface area contributed by atoms with Crippen LogP contribution < -0.4 is 0 Å². The van der Waals surface area contributed by atoms with Crippen LogP contribution in [0.4, 0.5) is 0 Å². The third-order valence-corrected chi connectivity index (χ3v) is 12.3. The molecule has 340 valence electrons. The van der Waals surface area contributed by atoms with Gasteiger partial charge in [-0.1, -0.05) is 277 Å². The number of esters is 2. The molecule has 0 amide bonds. The zero-order valence-corrected chi connectivity index (χ0v) is 39.3. The largest absolute Gasteiger partial charge is 0.466 e. The Kier molecular flexibility index (Phi) is 50.1. The lowest BCUT2D eigenvalue weighted by atomic mass is 10.0. The van der Waals surface area contributed by atoms with Crippen LogP contribution in [-0.4, -0.2) is 25.2 Å². The first-order valence-electron chi connectivity index (χ1n) is 26.5. The molecule has 0 aromatic heterocycles. The van der Waals surface area contributed by atoms with Gasteiger partial charge in [0.05, 0.1) is 13.2 Å². The molecule has 0 fully saturated rings. The Balaban J connectivity index is 3.23. The van der Waals surface area contributed by atoms with Crippen LogP contribution in [-0.2, 0) is 19.1 Å². The molecule has 0 aromatic carbocycles. The first-order valence-corrected chi connectivity index (χ1v) is 26.5. The van der Waals surface area contributed by atoms with Crippen molar-refractivity contribution in [3.05, 3.63) is 0 Å². The number of unbranched alkanes of at least 4 members (excludes halogenated alkanes) is 42. The third kappa shape index (κ3) is 51.0. The summed E-state index contributed by atoms with van der Waals surface area (Å²) in [6.07, 6.45) is 61.1. The van der Waals surface area contributed by atoms with E-state index in [9.17, 15) is 9.59 Å². The van der Waals surface area contributed by atoms with E-state index in [1.54, 1.807) is 0 Å². The van der Waals surface area contributed by atoms with Crippen molar-refractivity contribution in [2.75, 3.05) is 13.2 Å². The van der Waals surface area contributed by atoms with Gasteiger partial charge in [-0.05, 0) is 25.7 Å². The molecule has 57 heavy (non-hydrogen) atoms. The normalized spacial score (nSPS) is 11.4. The van der Waals surface area contributed by atoms with E-state index in [1.165, 1.54) is 244 Å². The fourth-order valence-corrected chi connectivity index (χ4v) is 8.30. The Labute approximate surface area is 358 Å². The summed E-state index contributed by atoms with van der Waals surface area (Å²) in [4.78, 5) is 24.1. The van der Waals surface area contributed by atoms with Crippen LogP contribution in [0.15, 0.2) is 0 Å². The first kappa shape index (κ1) is 55.9. The molecule has 0 heterocycles. The number of carbonyl (C=O) groups excluding carboxylic acids is 2. The first-order chi connectivity index (χ1) is 28.2. The predicted octanol–water partition coefficient (Wildman–Crippen LogP) is 18.4. The zero-order valence-electron chi connectivity index (χ0n) is 39.3. The lowest BCUT2D eigenvalue weighted by Crippen LogP contribution is -2.06. The molecule has 0 N–H and O–H groups in total. The van der Waals surface area contributed by atoms with E-state index in [0.29, 0.717) is 26.1 Å². The molecule has 0 unspecified atom stereocenters. The summed E-state index contributed by atoms with van der Waals surface area (Å²) in [6.45, 7) is 5.75. The SMILES string of the molecule is CCCCCCCCCCCCCCCCCCCCCCOC(=O)CCCCCCCC(=O)OCCCCCCCCCCCCCCCCCCCCCC. The quantitative estimate of drug-likeness (QED) is 0.0454. The topological polar surface area (TPSA) is 52.6 Å². The predicted molar refractivity (Wildman–Crippen MR) is 250 cm³/mol. The van der Waals surface area contributed by atoms with E-state index in [4.69, 9.17) is 9.47 Å². The highest BCUT2D eigenvalue weighted by Gasteiger charge is 2.05. The number of hydrogen-bond donors (Lipinski definition) is 0. The maximum atomic E-state index is 12.1. The minimum Gasteiger partial charge on any atom is -0.466 e. The van der Waals surface area contributed by atoms with E-state index >= 15 is 0 Å². The molecule has 0 spiro atoms. The standard InChI is InChI=1S/C53H104O4/c1-3-5-7-9-11-13-15-17-19-21-23-25-27-29-31-33-35-37-42-46-50-56-52(54)48-44-40-39-41-45-49-53(55)57-51-47-43-38-36-34-32-30-28-26-24-22-20-18-16-14-12-10-8-6-4-2/h3-51H2,1-2H3. The Bertz CT molecular complexity index is 704. The molecular weight excluding hydrogens is 701 g/mol. The van der Waals surface area contributed by atoms with Crippen molar-refractivity contribution in [2.24, 2.45) is 0 Å². The second kappa shape index (κ2) is 51.1. The van der Waals surface area contributed by atoms with Crippen LogP contribution in [0, 0.1) is 0 Å². The Morgan fingerprint density at radius 3 is 0.579 bits per heavy atom. The van der Waals surface area contributed by atoms with Crippen molar-refractivity contribution >= 4 is 11.9 Å². The fourth-order valence-electron chi connectivity index (χ4n) is 8.30. The molecule has 4 nitrogen and oxygen atoms in total. The monoisotopic (exact) mass is 805 g/mol. The van der Waals surface area contributed by atoms with Gasteiger partial charge >= 0.3 is 11.9 Å². The molecule has 0 aromatic rings. The zero-order chi connectivity index (χ0) is 41.2. The highest BCUT2D eigenvalue weighted by atomic mass is 16.5. The summed E-state index contributed by atoms with van der Waals surface area (Å²) < 4.78 is 10.9. The minimum atomic E-state index is -0.0404. The molecule has 0 aliphatic rings. The van der Waals surface area contributed by atoms with Crippen LogP contribution in [0.25, 0.3) is 0 Å². The smallest absolute Gasteiger partial charge is 0.305 e. The molecule has 0 saturated heterocycles. The molecular formula is C53H104O4. The highest BCUT2D eigenvalue weighted by Crippen LogP contribution is 2.17. The van der Waals surface area contributed by atoms with Crippen molar-refractivity contribution in [1.29, 1.82) is 0 Å². The van der Waals surface area contributed by atoms with E-state index in [1.807, 2.05) is 0 Å². The van der Waals surface area contributed by atoms with Gasteiger partial charge in [0, 0.05) is 12.8 Å². The summed E-state index contributed by atoms with van der Waals surface area (Å²) in [5, 5.41) is 0. The molecule has 0 aliphatic heterocycles. The van der Waals surface area contributed by atoms with Gasteiger partial charge in [-0.3, -0.25) is 9.59 Å². The van der Waals surface area contributed by atoms with Crippen LogP contribution >= 0.6 is 0 Å². The van der Waals surface area contributed by atoms with Crippen molar-refractivity contribution in [3.63, 3.8) is 0 Å².